The minimum atomic E-state index is -0.0556. The molecule has 302 valence electrons. The number of pyridine rings is 4. The number of hydrogen-bond acceptors (Lipinski definition) is 14. The maximum atomic E-state index is 8.44. The Kier molecular flexibility index (Phi) is 32.9. The predicted octanol–water partition coefficient (Wildman–Crippen LogP) is 11.4. The van der Waals surface area contributed by atoms with E-state index in [2.05, 4.69) is 76.4 Å². The Morgan fingerprint density at radius 1 is 0.632 bits per heavy atom. The number of aliphatic imine (C=N–C) groups is 1. The SMILES string of the molecule is CSC(=Nc1cc(Cl)nc(Cl)c1)NC#N.N#CN.N#CNC(=S)Nc1cc(Cl)nc(Cl)c1.Nc1cc(Cl)nc(Cl)c1.S=C(Cl)Cl.S=C(Cl)Nc1cc(Cl)nc(Cl)c1. The molecular formula is C28H19Cl11N14S4. The fraction of sp³-hybridized carbons (Fsp3) is 0.0357. The quantitative estimate of drug-likeness (QED) is 0.0164. The van der Waals surface area contributed by atoms with Crippen molar-refractivity contribution in [3.8, 4) is 18.6 Å². The molecule has 0 saturated carbocycles. The van der Waals surface area contributed by atoms with Gasteiger partial charge in [-0.2, -0.15) is 15.8 Å². The van der Waals surface area contributed by atoms with Crippen LogP contribution in [0.25, 0.3) is 0 Å². The van der Waals surface area contributed by atoms with Crippen LogP contribution >= 0.6 is 176 Å². The third-order valence-electron chi connectivity index (χ3n) is 4.32. The number of hydrogen-bond donors (Lipinski definition) is 6. The number of thiocarbonyl (C=S) groups is 3. The van der Waals surface area contributed by atoms with Gasteiger partial charge in [0.05, 0.1) is 5.69 Å². The highest BCUT2D eigenvalue weighted by Crippen LogP contribution is 2.22. The molecule has 0 saturated heterocycles. The van der Waals surface area contributed by atoms with Crippen LogP contribution in [-0.2, 0) is 0 Å². The molecular weight excluding hydrogens is 1050 g/mol. The zero-order valence-electron chi connectivity index (χ0n) is 27.6. The van der Waals surface area contributed by atoms with Crippen LogP contribution in [0.2, 0.25) is 41.2 Å². The molecule has 0 atom stereocenters. The number of anilines is 3. The Morgan fingerprint density at radius 3 is 1.25 bits per heavy atom. The molecule has 0 spiro atoms. The second kappa shape index (κ2) is 33.2. The third kappa shape index (κ3) is 32.9. The van der Waals surface area contributed by atoms with Crippen LogP contribution in [0.15, 0.2) is 53.5 Å². The monoisotopic (exact) mass is 1060 g/mol. The van der Waals surface area contributed by atoms with Crippen molar-refractivity contribution >= 4 is 217 Å². The number of aromatic nitrogens is 4. The van der Waals surface area contributed by atoms with E-state index in [1.165, 1.54) is 30.1 Å². The second-order valence-electron chi connectivity index (χ2n) is 8.32. The number of thioether (sulfide) groups is 1. The standard InChI is InChI=1S/C8H6Cl2N4S.C7H4Cl2N4S.C6H3Cl3N2S.C5H4Cl2N2.CCl2S.CH2N2/c1-15-8(12-4-11)13-5-2-6(9)14-7(10)3-5;8-5-1-4(2-6(9)13-5)12-7(14)11-3-10;7-4-1-3(10-6(9)12)2-5(8)11-4;6-4-1-3(8)2-5(7)9-4;2-1(3)4;2-1-3/h2-3H,1H3,(H,12,13,14);1-2H,(H2,11,12,13,14);1-2H,(H,10,11,12);1-2H,(H2,8,9);;2H2. The van der Waals surface area contributed by atoms with Gasteiger partial charge < -0.3 is 22.1 Å². The molecule has 0 aliphatic heterocycles. The first-order valence-corrected chi connectivity index (χ1v) is 20.0. The molecule has 0 aliphatic rings. The number of nitrogen functional groups attached to an aromatic ring is 1. The first-order chi connectivity index (χ1) is 26.7. The van der Waals surface area contributed by atoms with Crippen molar-refractivity contribution in [3.05, 3.63) is 89.8 Å². The normalized spacial score (nSPS) is 9.18. The van der Waals surface area contributed by atoms with Gasteiger partial charge in [-0.15, -0.1) is 0 Å². The number of rotatable bonds is 3. The Hall–Kier alpha value is -2.65. The van der Waals surface area contributed by atoms with Crippen molar-refractivity contribution in [2.75, 3.05) is 22.6 Å². The molecule has 0 aliphatic carbocycles. The molecule has 4 aromatic heterocycles. The van der Waals surface area contributed by atoms with E-state index < -0.39 is 0 Å². The molecule has 0 radical (unpaired) electrons. The highest BCUT2D eigenvalue weighted by molar-refractivity contribution is 8.13. The van der Waals surface area contributed by atoms with Gasteiger partial charge in [0.15, 0.2) is 37.1 Å². The fourth-order valence-electron chi connectivity index (χ4n) is 2.69. The Bertz CT molecular complexity index is 2000. The van der Waals surface area contributed by atoms with Crippen LogP contribution < -0.4 is 32.7 Å². The number of nitrogens with two attached hydrogens (primary N) is 2. The molecule has 8 N–H and O–H groups in total. The minimum absolute atomic E-state index is 0.0556. The van der Waals surface area contributed by atoms with Gasteiger partial charge in [0.2, 0.25) is 0 Å². The summed E-state index contributed by atoms with van der Waals surface area (Å²) < 4.78 is 0.0772. The van der Waals surface area contributed by atoms with Crippen molar-refractivity contribution < 1.29 is 0 Å². The summed E-state index contributed by atoms with van der Waals surface area (Å²) in [5, 5.41) is 36.8. The Morgan fingerprint density at radius 2 is 0.947 bits per heavy atom. The molecule has 4 aromatic rings. The van der Waals surface area contributed by atoms with Gasteiger partial charge in [-0.1, -0.05) is 152 Å². The van der Waals surface area contributed by atoms with E-state index in [0.29, 0.717) is 38.2 Å². The molecule has 0 fully saturated rings. The summed E-state index contributed by atoms with van der Waals surface area (Å²) in [4.78, 5) is 19.1. The molecule has 0 unspecified atom stereocenters. The molecule has 29 heteroatoms. The van der Waals surface area contributed by atoms with Crippen LogP contribution in [0.4, 0.5) is 22.7 Å². The van der Waals surface area contributed by atoms with Crippen LogP contribution in [0, 0.1) is 34.4 Å². The predicted molar refractivity (Wildman–Crippen MR) is 252 cm³/mol. The molecule has 0 amide bonds. The lowest BCUT2D eigenvalue weighted by Crippen LogP contribution is -2.23. The van der Waals surface area contributed by atoms with E-state index in [4.69, 9.17) is 161 Å². The number of nitriles is 3. The highest BCUT2D eigenvalue weighted by atomic mass is 35.5. The van der Waals surface area contributed by atoms with E-state index in [1.807, 2.05) is 0 Å². The van der Waals surface area contributed by atoms with Gasteiger partial charge in [-0.3, -0.25) is 10.6 Å². The van der Waals surface area contributed by atoms with Gasteiger partial charge in [0.25, 0.3) is 0 Å². The van der Waals surface area contributed by atoms with Crippen LogP contribution in [0.3, 0.4) is 0 Å². The molecule has 14 nitrogen and oxygen atoms in total. The van der Waals surface area contributed by atoms with Gasteiger partial charge in [-0.25, -0.2) is 24.9 Å². The van der Waals surface area contributed by atoms with E-state index in [0.717, 1.165) is 0 Å². The van der Waals surface area contributed by atoms with Crippen molar-refractivity contribution in [1.29, 1.82) is 15.8 Å². The van der Waals surface area contributed by atoms with Crippen LogP contribution in [0.5, 0.6) is 0 Å². The van der Waals surface area contributed by atoms with Crippen molar-refractivity contribution in [2.24, 2.45) is 10.7 Å². The van der Waals surface area contributed by atoms with Crippen LogP contribution in [0.1, 0.15) is 0 Å². The summed E-state index contributed by atoms with van der Waals surface area (Å²) in [6.45, 7) is 0. The van der Waals surface area contributed by atoms with E-state index in [1.54, 1.807) is 55.0 Å². The Balaban J connectivity index is 0. The maximum absolute atomic E-state index is 8.44. The number of amidine groups is 1. The highest BCUT2D eigenvalue weighted by Gasteiger charge is 2.03. The van der Waals surface area contributed by atoms with Crippen molar-refractivity contribution in [2.45, 2.75) is 0 Å². The first-order valence-electron chi connectivity index (χ1n) is 13.4. The first kappa shape index (κ1) is 56.4. The third-order valence-corrected chi connectivity index (χ3v) is 6.84. The summed E-state index contributed by atoms with van der Waals surface area (Å²) in [7, 11) is 0. The van der Waals surface area contributed by atoms with E-state index >= 15 is 0 Å². The topological polar surface area (TPSA) is 235 Å². The van der Waals surface area contributed by atoms with Crippen LogP contribution in [-0.4, -0.2) is 44.7 Å². The zero-order valence-corrected chi connectivity index (χ0v) is 39.2. The summed E-state index contributed by atoms with van der Waals surface area (Å²) in [6.07, 6.45) is 6.52. The zero-order chi connectivity index (χ0) is 44.1. The van der Waals surface area contributed by atoms with E-state index in [-0.39, 0.29) is 44.3 Å². The van der Waals surface area contributed by atoms with Gasteiger partial charge in [0, 0.05) is 29.2 Å². The van der Waals surface area contributed by atoms with Crippen molar-refractivity contribution in [1.82, 2.24) is 30.6 Å². The second-order valence-corrected chi connectivity index (χ2v) is 15.4. The Labute approximate surface area is 401 Å². The minimum Gasteiger partial charge on any atom is -0.399 e. The fourth-order valence-corrected chi connectivity index (χ4v) is 5.27. The summed E-state index contributed by atoms with van der Waals surface area (Å²) >= 11 is 74.6. The van der Waals surface area contributed by atoms with Gasteiger partial charge >= 0.3 is 0 Å². The van der Waals surface area contributed by atoms with Gasteiger partial charge in [-0.05, 0) is 67.1 Å². The summed E-state index contributed by atoms with van der Waals surface area (Å²) in [6, 6.07) is 12.4. The lowest BCUT2D eigenvalue weighted by Gasteiger charge is -2.05. The molecule has 0 bridgehead atoms. The summed E-state index contributed by atoms with van der Waals surface area (Å²) in [5.41, 5.74) is 11.8. The number of nitrogens with one attached hydrogen (secondary N) is 4. The molecule has 4 rings (SSSR count). The molecule has 4 heterocycles. The largest absolute Gasteiger partial charge is 0.399 e. The lowest BCUT2D eigenvalue weighted by molar-refractivity contribution is 1.27. The average Bonchev–Trinajstić information content (AvgIpc) is 3.03. The number of halogens is 11. The van der Waals surface area contributed by atoms with E-state index in [9.17, 15) is 0 Å². The molecule has 0 aromatic carbocycles. The smallest absolute Gasteiger partial charge is 0.184 e. The maximum Gasteiger partial charge on any atom is 0.184 e. The van der Waals surface area contributed by atoms with Gasteiger partial charge in [0.1, 0.15) is 41.2 Å². The average molecular weight is 1070 g/mol. The lowest BCUT2D eigenvalue weighted by atomic mass is 10.4. The molecule has 57 heavy (non-hydrogen) atoms. The summed E-state index contributed by atoms with van der Waals surface area (Å²) in [5.74, 6) is 0. The van der Waals surface area contributed by atoms with Crippen molar-refractivity contribution in [3.63, 3.8) is 0 Å². The number of nitrogens with zero attached hydrogens (tertiary/aromatic N) is 8.